The van der Waals surface area contributed by atoms with Crippen LogP contribution in [0.4, 0.5) is 0 Å². The van der Waals surface area contributed by atoms with E-state index in [2.05, 4.69) is 11.1 Å². The van der Waals surface area contributed by atoms with Crippen molar-refractivity contribution in [3.63, 3.8) is 0 Å². The second-order valence-electron chi connectivity index (χ2n) is 8.33. The second kappa shape index (κ2) is 7.75. The number of aromatic nitrogens is 1. The van der Waals surface area contributed by atoms with Gasteiger partial charge in [-0.25, -0.2) is 0 Å². The molecule has 1 atom stereocenters. The molecule has 0 aliphatic carbocycles. The van der Waals surface area contributed by atoms with Crippen molar-refractivity contribution in [3.8, 4) is 5.75 Å². The monoisotopic (exact) mass is 432 g/mol. The van der Waals surface area contributed by atoms with Gasteiger partial charge < -0.3 is 23.8 Å². The number of H-pyrrole nitrogens is 1. The van der Waals surface area contributed by atoms with Crippen LogP contribution in [0.3, 0.4) is 0 Å². The van der Waals surface area contributed by atoms with Crippen LogP contribution in [0.1, 0.15) is 46.6 Å². The molecule has 1 amide bonds. The summed E-state index contributed by atoms with van der Waals surface area (Å²) in [4.78, 5) is 30.7. The number of carbonyl (C=O) groups is 1. The molecule has 0 fully saturated rings. The van der Waals surface area contributed by atoms with E-state index in [4.69, 9.17) is 8.83 Å². The van der Waals surface area contributed by atoms with E-state index in [9.17, 15) is 14.7 Å². The summed E-state index contributed by atoms with van der Waals surface area (Å²) in [6.45, 7) is 4.52. The Morgan fingerprint density at radius 1 is 1.16 bits per heavy atom. The summed E-state index contributed by atoms with van der Waals surface area (Å²) in [7, 11) is 0. The number of amides is 1. The average molecular weight is 432 g/mol. The quantitative estimate of drug-likeness (QED) is 0.505. The topological polar surface area (TPSA) is 99.7 Å². The van der Waals surface area contributed by atoms with Crippen LogP contribution in [0.2, 0.25) is 0 Å². The van der Waals surface area contributed by atoms with Crippen molar-refractivity contribution >= 4 is 16.8 Å². The number of furan rings is 1. The van der Waals surface area contributed by atoms with Crippen LogP contribution in [0.15, 0.2) is 56.1 Å². The summed E-state index contributed by atoms with van der Waals surface area (Å²) >= 11 is 0. The molecule has 164 valence electrons. The normalized spacial score (nSPS) is 14.5. The summed E-state index contributed by atoms with van der Waals surface area (Å²) in [6, 6.07) is 12.9. The van der Waals surface area contributed by atoms with Crippen LogP contribution in [0.5, 0.6) is 5.75 Å². The maximum Gasteiger partial charge on any atom is 0.227 e. The van der Waals surface area contributed by atoms with E-state index in [-0.39, 0.29) is 18.1 Å². The predicted octanol–water partition coefficient (Wildman–Crippen LogP) is 4.14. The van der Waals surface area contributed by atoms with Gasteiger partial charge in [-0.15, -0.1) is 0 Å². The Morgan fingerprint density at radius 2 is 1.97 bits per heavy atom. The first-order chi connectivity index (χ1) is 15.4. The minimum absolute atomic E-state index is 0.0163. The average Bonchev–Trinajstić information content (AvgIpc) is 3.37. The Morgan fingerprint density at radius 3 is 2.75 bits per heavy atom. The standard InChI is InChI=1S/C25H24N2O5/c1-14-7-8-22(31-14)18(25-24(30)21(28)11-15(2)32-25)12-23(29)27-10-9-17-16-5-3-4-6-19(16)26-20(17)13-27/h3-8,11,18,26,30H,9-10,12-13H2,1-2H3/t18-/m0/s1. The van der Waals surface area contributed by atoms with Gasteiger partial charge in [0, 0.05) is 35.6 Å². The number of nitrogens with one attached hydrogen (secondary N) is 1. The molecule has 0 bridgehead atoms. The molecule has 4 aromatic rings. The Balaban J connectivity index is 1.45. The SMILES string of the molecule is Cc1ccc([C@H](CC(=O)N2CCc3c([nH]c4ccccc34)C2)c2oc(C)cc(=O)c2O)o1. The van der Waals surface area contributed by atoms with Crippen molar-refractivity contribution in [3.05, 3.63) is 87.0 Å². The van der Waals surface area contributed by atoms with E-state index < -0.39 is 17.1 Å². The zero-order chi connectivity index (χ0) is 22.4. The summed E-state index contributed by atoms with van der Waals surface area (Å²) in [6.07, 6.45) is 0.781. The predicted molar refractivity (Wildman–Crippen MR) is 119 cm³/mol. The molecule has 0 radical (unpaired) electrons. The van der Waals surface area contributed by atoms with Crippen LogP contribution < -0.4 is 5.43 Å². The molecule has 2 N–H and O–H groups in total. The highest BCUT2D eigenvalue weighted by Crippen LogP contribution is 2.35. The summed E-state index contributed by atoms with van der Waals surface area (Å²) in [5.74, 6) is 0.282. The number of para-hydroxylation sites is 1. The second-order valence-corrected chi connectivity index (χ2v) is 8.33. The van der Waals surface area contributed by atoms with Crippen LogP contribution in [-0.4, -0.2) is 27.4 Å². The largest absolute Gasteiger partial charge is 0.502 e. The van der Waals surface area contributed by atoms with Crippen molar-refractivity contribution < 1.29 is 18.7 Å². The van der Waals surface area contributed by atoms with E-state index in [1.165, 1.54) is 17.0 Å². The number of aromatic hydroxyl groups is 1. The molecular weight excluding hydrogens is 408 g/mol. The van der Waals surface area contributed by atoms with E-state index in [1.807, 2.05) is 18.2 Å². The number of fused-ring (bicyclic) bond motifs is 3. The highest BCUT2D eigenvalue weighted by Gasteiger charge is 2.31. The van der Waals surface area contributed by atoms with Crippen LogP contribution >= 0.6 is 0 Å². The third-order valence-electron chi connectivity index (χ3n) is 6.11. The highest BCUT2D eigenvalue weighted by atomic mass is 16.4. The maximum absolute atomic E-state index is 13.3. The van der Waals surface area contributed by atoms with Gasteiger partial charge in [0.15, 0.2) is 5.76 Å². The zero-order valence-electron chi connectivity index (χ0n) is 18.0. The van der Waals surface area contributed by atoms with Gasteiger partial charge in [0.25, 0.3) is 0 Å². The number of hydrogen-bond acceptors (Lipinski definition) is 5. The first-order valence-corrected chi connectivity index (χ1v) is 10.7. The summed E-state index contributed by atoms with van der Waals surface area (Å²) in [5, 5.41) is 11.6. The Bertz CT molecular complexity index is 1380. The number of aromatic amines is 1. The van der Waals surface area contributed by atoms with Gasteiger partial charge in [0.1, 0.15) is 17.3 Å². The van der Waals surface area contributed by atoms with Gasteiger partial charge in [-0.3, -0.25) is 9.59 Å². The van der Waals surface area contributed by atoms with Gasteiger partial charge >= 0.3 is 0 Å². The van der Waals surface area contributed by atoms with Gasteiger partial charge in [0.2, 0.25) is 17.1 Å². The molecule has 1 aliphatic heterocycles. The van der Waals surface area contributed by atoms with Crippen molar-refractivity contribution in [1.82, 2.24) is 9.88 Å². The molecule has 3 aromatic heterocycles. The Kier molecular flexibility index (Phi) is 4.89. The number of benzene rings is 1. The molecule has 7 nitrogen and oxygen atoms in total. The molecule has 7 heteroatoms. The Hall–Kier alpha value is -3.74. The fourth-order valence-electron chi connectivity index (χ4n) is 4.53. The smallest absolute Gasteiger partial charge is 0.227 e. The van der Waals surface area contributed by atoms with Crippen molar-refractivity contribution in [1.29, 1.82) is 0 Å². The third kappa shape index (κ3) is 3.49. The summed E-state index contributed by atoms with van der Waals surface area (Å²) < 4.78 is 11.5. The third-order valence-corrected chi connectivity index (χ3v) is 6.11. The molecule has 1 aliphatic rings. The van der Waals surface area contributed by atoms with Crippen LogP contribution in [-0.2, 0) is 17.8 Å². The molecule has 0 saturated heterocycles. The van der Waals surface area contributed by atoms with Gasteiger partial charge in [0.05, 0.1) is 12.5 Å². The molecule has 1 aromatic carbocycles. The molecular formula is C25H24N2O5. The first-order valence-electron chi connectivity index (χ1n) is 10.7. The zero-order valence-corrected chi connectivity index (χ0v) is 18.0. The molecule has 0 unspecified atom stereocenters. The Labute approximate surface area is 184 Å². The number of carbonyl (C=O) groups excluding carboxylic acids is 1. The number of aryl methyl sites for hydroxylation is 2. The molecule has 0 spiro atoms. The van der Waals surface area contributed by atoms with Crippen molar-refractivity contribution in [2.24, 2.45) is 0 Å². The number of nitrogens with zero attached hydrogens (tertiary/aromatic N) is 1. The van der Waals surface area contributed by atoms with E-state index in [0.29, 0.717) is 30.4 Å². The van der Waals surface area contributed by atoms with Gasteiger partial charge in [-0.1, -0.05) is 18.2 Å². The summed E-state index contributed by atoms with van der Waals surface area (Å²) in [5.41, 5.74) is 2.83. The van der Waals surface area contributed by atoms with E-state index in [0.717, 1.165) is 17.6 Å². The molecule has 5 rings (SSSR count). The van der Waals surface area contributed by atoms with Crippen molar-refractivity contribution in [2.45, 2.75) is 39.2 Å². The molecule has 4 heterocycles. The fourth-order valence-corrected chi connectivity index (χ4v) is 4.53. The van der Waals surface area contributed by atoms with Gasteiger partial charge in [-0.05, 0) is 44.0 Å². The van der Waals surface area contributed by atoms with E-state index in [1.54, 1.807) is 30.9 Å². The van der Waals surface area contributed by atoms with Crippen LogP contribution in [0, 0.1) is 13.8 Å². The van der Waals surface area contributed by atoms with Crippen molar-refractivity contribution in [2.75, 3.05) is 6.54 Å². The minimum atomic E-state index is -0.701. The lowest BCUT2D eigenvalue weighted by atomic mass is 9.96. The lowest BCUT2D eigenvalue weighted by molar-refractivity contribution is -0.132. The number of hydrogen-bond donors (Lipinski definition) is 2. The molecule has 32 heavy (non-hydrogen) atoms. The van der Waals surface area contributed by atoms with Crippen LogP contribution in [0.25, 0.3) is 10.9 Å². The van der Waals surface area contributed by atoms with E-state index >= 15 is 0 Å². The fraction of sp³-hybridized carbons (Fsp3) is 0.280. The lowest BCUT2D eigenvalue weighted by Gasteiger charge is -2.28. The van der Waals surface area contributed by atoms with Gasteiger partial charge in [-0.2, -0.15) is 0 Å². The number of rotatable bonds is 4. The highest BCUT2D eigenvalue weighted by molar-refractivity contribution is 5.85. The lowest BCUT2D eigenvalue weighted by Crippen LogP contribution is -2.36. The minimum Gasteiger partial charge on any atom is -0.502 e. The first kappa shape index (κ1) is 20.2. The maximum atomic E-state index is 13.3. The molecule has 0 saturated carbocycles.